The summed E-state index contributed by atoms with van der Waals surface area (Å²) < 4.78 is 35.9. The molecule has 0 aromatic rings. The lowest BCUT2D eigenvalue weighted by atomic mass is 10.2. The molecule has 0 aliphatic rings. The maximum atomic E-state index is 12.0. The number of alkyl halides is 3. The van der Waals surface area contributed by atoms with Gasteiger partial charge in [0.15, 0.2) is 0 Å². The fourth-order valence-corrected chi connectivity index (χ4v) is 1.61. The van der Waals surface area contributed by atoms with E-state index >= 15 is 0 Å². The minimum absolute atomic E-state index is 0.464. The van der Waals surface area contributed by atoms with E-state index in [1.54, 1.807) is 0 Å². The van der Waals surface area contributed by atoms with Gasteiger partial charge in [-0.05, 0) is 25.4 Å². The van der Waals surface area contributed by atoms with Crippen LogP contribution in [0.1, 0.15) is 19.8 Å². The zero-order chi connectivity index (χ0) is 12.8. The molecule has 0 fully saturated rings. The molecule has 0 rings (SSSR count). The predicted molar refractivity (Wildman–Crippen MR) is 59.3 cm³/mol. The van der Waals surface area contributed by atoms with Crippen molar-refractivity contribution in [3.05, 3.63) is 0 Å². The number of nitrogens with one attached hydrogen (secondary N) is 1. The van der Waals surface area contributed by atoms with Crippen LogP contribution >= 0.6 is 11.8 Å². The van der Waals surface area contributed by atoms with Crippen LogP contribution in [0.3, 0.4) is 0 Å². The third-order valence-electron chi connectivity index (χ3n) is 1.90. The van der Waals surface area contributed by atoms with Gasteiger partial charge in [0.05, 0.1) is 12.5 Å². The summed E-state index contributed by atoms with van der Waals surface area (Å²) in [4.78, 5) is 11.3. The smallest absolute Gasteiger partial charge is 0.352 e. The molecule has 1 amide bonds. The lowest BCUT2D eigenvalue weighted by Crippen LogP contribution is -2.45. The summed E-state index contributed by atoms with van der Waals surface area (Å²) in [6.07, 6.45) is -2.97. The number of carbonyl (C=O) groups is 1. The van der Waals surface area contributed by atoms with Crippen molar-refractivity contribution in [1.29, 1.82) is 0 Å². The molecule has 0 aromatic carbocycles. The van der Waals surface area contributed by atoms with Crippen molar-refractivity contribution >= 4 is 17.7 Å². The Morgan fingerprint density at radius 1 is 1.50 bits per heavy atom. The molecule has 0 heterocycles. The maximum Gasteiger partial charge on any atom is 0.391 e. The quantitative estimate of drug-likeness (QED) is 0.759. The molecule has 0 saturated carbocycles. The van der Waals surface area contributed by atoms with Crippen LogP contribution in [0.25, 0.3) is 0 Å². The number of hydrogen-bond donors (Lipinski definition) is 2. The van der Waals surface area contributed by atoms with Gasteiger partial charge in [0.25, 0.3) is 0 Å². The maximum absolute atomic E-state index is 12.0. The molecule has 3 N–H and O–H groups in total. The van der Waals surface area contributed by atoms with Gasteiger partial charge in [-0.1, -0.05) is 0 Å². The van der Waals surface area contributed by atoms with Crippen LogP contribution in [-0.4, -0.2) is 36.2 Å². The monoisotopic (exact) mass is 258 g/mol. The highest BCUT2D eigenvalue weighted by Crippen LogP contribution is 2.21. The number of rotatable bonds is 6. The van der Waals surface area contributed by atoms with Crippen molar-refractivity contribution in [2.24, 2.45) is 5.73 Å². The predicted octanol–water partition coefficient (Wildman–Crippen LogP) is 1.52. The second-order valence-corrected chi connectivity index (χ2v) is 4.60. The van der Waals surface area contributed by atoms with Gasteiger partial charge < -0.3 is 11.1 Å². The van der Waals surface area contributed by atoms with E-state index in [0.29, 0.717) is 12.2 Å². The normalized spacial score (nSPS) is 15.6. The molecule has 96 valence electrons. The first-order valence-electron chi connectivity index (χ1n) is 4.88. The highest BCUT2D eigenvalue weighted by atomic mass is 32.2. The summed E-state index contributed by atoms with van der Waals surface area (Å²) >= 11 is 1.54. The van der Waals surface area contributed by atoms with Crippen molar-refractivity contribution in [3.63, 3.8) is 0 Å². The van der Waals surface area contributed by atoms with Gasteiger partial charge in [-0.25, -0.2) is 0 Å². The molecule has 7 heteroatoms. The molecule has 0 aliphatic carbocycles. The first-order chi connectivity index (χ1) is 7.26. The molecule has 0 aromatic heterocycles. The van der Waals surface area contributed by atoms with Crippen LogP contribution in [0.5, 0.6) is 0 Å². The van der Waals surface area contributed by atoms with Crippen molar-refractivity contribution in [1.82, 2.24) is 5.32 Å². The van der Waals surface area contributed by atoms with Crippen LogP contribution in [0, 0.1) is 0 Å². The Morgan fingerprint density at radius 2 is 2.06 bits per heavy atom. The molecular weight excluding hydrogens is 241 g/mol. The highest BCUT2D eigenvalue weighted by molar-refractivity contribution is 7.98. The van der Waals surface area contributed by atoms with Crippen LogP contribution < -0.4 is 11.1 Å². The van der Waals surface area contributed by atoms with E-state index in [1.165, 1.54) is 18.7 Å². The number of carbonyl (C=O) groups excluding carboxylic acids is 1. The van der Waals surface area contributed by atoms with E-state index in [-0.39, 0.29) is 0 Å². The number of nitrogens with two attached hydrogens (primary N) is 1. The van der Waals surface area contributed by atoms with Crippen LogP contribution in [0.15, 0.2) is 0 Å². The molecular formula is C9H17F3N2OS. The fourth-order valence-electron chi connectivity index (χ4n) is 1.12. The molecule has 16 heavy (non-hydrogen) atoms. The number of hydrogen-bond acceptors (Lipinski definition) is 3. The van der Waals surface area contributed by atoms with Gasteiger partial charge in [0.1, 0.15) is 0 Å². The van der Waals surface area contributed by atoms with E-state index in [2.05, 4.69) is 5.32 Å². The first kappa shape index (κ1) is 15.6. The summed E-state index contributed by atoms with van der Waals surface area (Å²) in [7, 11) is 0. The van der Waals surface area contributed by atoms with E-state index in [0.717, 1.165) is 0 Å². The molecule has 0 aliphatic heterocycles. The fraction of sp³-hybridized carbons (Fsp3) is 0.889. The minimum Gasteiger partial charge on any atom is -0.352 e. The van der Waals surface area contributed by atoms with Crippen molar-refractivity contribution in [2.45, 2.75) is 38.0 Å². The number of halogens is 3. The Bertz CT molecular complexity index is 223. The van der Waals surface area contributed by atoms with Gasteiger partial charge in [-0.3, -0.25) is 4.79 Å². The zero-order valence-corrected chi connectivity index (χ0v) is 10.1. The average Bonchev–Trinajstić information content (AvgIpc) is 2.10. The summed E-state index contributed by atoms with van der Waals surface area (Å²) in [5, 5.41) is 2.25. The Hall–Kier alpha value is -0.430. The zero-order valence-electron chi connectivity index (χ0n) is 9.30. The molecule has 0 spiro atoms. The SMILES string of the molecule is CSCC[C@H](N)C(=O)NC(C)CC(F)(F)F. The molecule has 3 nitrogen and oxygen atoms in total. The lowest BCUT2D eigenvalue weighted by molar-refractivity contribution is -0.141. The summed E-state index contributed by atoms with van der Waals surface area (Å²) in [5.74, 6) is 0.188. The average molecular weight is 258 g/mol. The van der Waals surface area contributed by atoms with Gasteiger partial charge in [-0.2, -0.15) is 24.9 Å². The topological polar surface area (TPSA) is 55.1 Å². The number of amides is 1. The molecule has 0 bridgehead atoms. The Labute approximate surface area is 97.3 Å². The van der Waals surface area contributed by atoms with Crippen molar-refractivity contribution in [2.75, 3.05) is 12.0 Å². The standard InChI is InChI=1S/C9H17F3N2OS/c1-6(5-9(10,11)12)14-8(15)7(13)3-4-16-2/h6-7H,3-5,13H2,1-2H3,(H,14,15)/t6?,7-/m0/s1. The van der Waals surface area contributed by atoms with E-state index in [4.69, 9.17) is 5.73 Å². The summed E-state index contributed by atoms with van der Waals surface area (Å²) in [6.45, 7) is 1.31. The van der Waals surface area contributed by atoms with Crippen LogP contribution in [0.2, 0.25) is 0 Å². The Kier molecular flexibility index (Phi) is 6.82. The van der Waals surface area contributed by atoms with Gasteiger partial charge in [0, 0.05) is 6.04 Å². The number of thioether (sulfide) groups is 1. The largest absolute Gasteiger partial charge is 0.391 e. The molecule has 0 radical (unpaired) electrons. The third-order valence-corrected chi connectivity index (χ3v) is 2.54. The summed E-state index contributed by atoms with van der Waals surface area (Å²) in [5.41, 5.74) is 5.51. The lowest BCUT2D eigenvalue weighted by Gasteiger charge is -2.18. The van der Waals surface area contributed by atoms with E-state index in [1.807, 2.05) is 6.26 Å². The Balaban J connectivity index is 3.94. The molecule has 2 atom stereocenters. The van der Waals surface area contributed by atoms with Crippen LogP contribution in [0.4, 0.5) is 13.2 Å². The first-order valence-corrected chi connectivity index (χ1v) is 6.27. The Morgan fingerprint density at radius 3 is 2.50 bits per heavy atom. The van der Waals surface area contributed by atoms with Gasteiger partial charge in [0.2, 0.25) is 5.91 Å². The highest BCUT2D eigenvalue weighted by Gasteiger charge is 2.31. The van der Waals surface area contributed by atoms with Gasteiger partial charge >= 0.3 is 6.18 Å². The van der Waals surface area contributed by atoms with Crippen LogP contribution in [-0.2, 0) is 4.79 Å². The second kappa shape index (κ2) is 7.01. The van der Waals surface area contributed by atoms with Crippen molar-refractivity contribution < 1.29 is 18.0 Å². The molecule has 1 unspecified atom stereocenters. The second-order valence-electron chi connectivity index (χ2n) is 3.62. The van der Waals surface area contributed by atoms with Gasteiger partial charge in [-0.15, -0.1) is 0 Å². The summed E-state index contributed by atoms with van der Waals surface area (Å²) in [6, 6.07) is -1.67. The van der Waals surface area contributed by atoms with E-state index < -0.39 is 30.6 Å². The van der Waals surface area contributed by atoms with E-state index in [9.17, 15) is 18.0 Å². The third kappa shape index (κ3) is 7.81. The van der Waals surface area contributed by atoms with Crippen molar-refractivity contribution in [3.8, 4) is 0 Å². The molecule has 0 saturated heterocycles. The minimum atomic E-state index is -4.27.